The lowest BCUT2D eigenvalue weighted by Crippen LogP contribution is -2.23. The van der Waals surface area contributed by atoms with Crippen molar-refractivity contribution in [3.05, 3.63) is 53.0 Å². The number of H-pyrrole nitrogens is 2. The van der Waals surface area contributed by atoms with Crippen molar-refractivity contribution in [1.82, 2.24) is 20.5 Å². The number of amides is 1. The number of fused-ring (bicyclic) bond motifs is 1. The first-order chi connectivity index (χ1) is 10.2. The van der Waals surface area contributed by atoms with Crippen molar-refractivity contribution in [2.45, 2.75) is 26.8 Å². The minimum atomic E-state index is -0.146. The van der Waals surface area contributed by atoms with E-state index in [4.69, 9.17) is 0 Å². The van der Waals surface area contributed by atoms with Gasteiger partial charge in [-0.05, 0) is 42.7 Å². The molecule has 2 heterocycles. The molecule has 0 bridgehead atoms. The molecule has 0 aliphatic heterocycles. The SMILES string of the molecule is CCc1[nH]c2ccc(CNC(=O)c3ccn[nH]3)cc2c1C. The predicted molar refractivity (Wildman–Crippen MR) is 82.2 cm³/mol. The fourth-order valence-corrected chi connectivity index (χ4v) is 2.55. The molecule has 0 spiro atoms. The molecular formula is C16H18N4O. The number of aryl methyl sites for hydroxylation is 2. The maximum atomic E-state index is 11.9. The number of nitrogens with zero attached hydrogens (tertiary/aromatic N) is 1. The molecular weight excluding hydrogens is 264 g/mol. The third-order valence-electron chi connectivity index (χ3n) is 3.78. The minimum absolute atomic E-state index is 0.146. The molecule has 0 fully saturated rings. The molecule has 5 nitrogen and oxygen atoms in total. The lowest BCUT2D eigenvalue weighted by Gasteiger charge is -2.04. The van der Waals surface area contributed by atoms with Crippen LogP contribution in [-0.4, -0.2) is 21.1 Å². The summed E-state index contributed by atoms with van der Waals surface area (Å²) in [5, 5.41) is 10.5. The van der Waals surface area contributed by atoms with E-state index in [1.165, 1.54) is 16.6 Å². The Labute approximate surface area is 122 Å². The zero-order valence-electron chi connectivity index (χ0n) is 12.2. The van der Waals surface area contributed by atoms with E-state index in [1.54, 1.807) is 12.3 Å². The molecule has 0 saturated carbocycles. The highest BCUT2D eigenvalue weighted by Gasteiger charge is 2.09. The molecule has 0 aliphatic rings. The number of aromatic nitrogens is 3. The van der Waals surface area contributed by atoms with Crippen molar-refractivity contribution in [3.8, 4) is 0 Å². The van der Waals surface area contributed by atoms with E-state index < -0.39 is 0 Å². The summed E-state index contributed by atoms with van der Waals surface area (Å²) in [6, 6.07) is 7.89. The van der Waals surface area contributed by atoms with Crippen LogP contribution in [0.3, 0.4) is 0 Å². The molecule has 108 valence electrons. The highest BCUT2D eigenvalue weighted by Crippen LogP contribution is 2.23. The monoisotopic (exact) mass is 282 g/mol. The van der Waals surface area contributed by atoms with E-state index in [0.29, 0.717) is 12.2 Å². The van der Waals surface area contributed by atoms with Gasteiger partial charge in [0.2, 0.25) is 0 Å². The second-order valence-electron chi connectivity index (χ2n) is 5.12. The van der Waals surface area contributed by atoms with E-state index in [-0.39, 0.29) is 5.91 Å². The van der Waals surface area contributed by atoms with Crippen molar-refractivity contribution >= 4 is 16.8 Å². The molecule has 0 atom stereocenters. The van der Waals surface area contributed by atoms with Crippen LogP contribution in [0.15, 0.2) is 30.5 Å². The van der Waals surface area contributed by atoms with E-state index in [2.05, 4.69) is 46.5 Å². The van der Waals surface area contributed by atoms with Crippen LogP contribution in [-0.2, 0) is 13.0 Å². The molecule has 1 amide bonds. The van der Waals surface area contributed by atoms with E-state index in [9.17, 15) is 4.79 Å². The molecule has 21 heavy (non-hydrogen) atoms. The number of carbonyl (C=O) groups excluding carboxylic acids is 1. The van der Waals surface area contributed by atoms with Crippen molar-refractivity contribution in [2.75, 3.05) is 0 Å². The molecule has 1 aromatic carbocycles. The summed E-state index contributed by atoms with van der Waals surface area (Å²) in [6.07, 6.45) is 2.56. The average molecular weight is 282 g/mol. The molecule has 3 N–H and O–H groups in total. The van der Waals surface area contributed by atoms with Crippen LogP contribution in [0.5, 0.6) is 0 Å². The first kappa shape index (κ1) is 13.4. The minimum Gasteiger partial charge on any atom is -0.358 e. The summed E-state index contributed by atoms with van der Waals surface area (Å²) >= 11 is 0. The van der Waals surface area contributed by atoms with Gasteiger partial charge in [-0.1, -0.05) is 13.0 Å². The molecule has 3 aromatic rings. The lowest BCUT2D eigenvalue weighted by atomic mass is 10.1. The maximum Gasteiger partial charge on any atom is 0.269 e. The van der Waals surface area contributed by atoms with Crippen molar-refractivity contribution < 1.29 is 4.79 Å². The molecule has 0 radical (unpaired) electrons. The third kappa shape index (κ3) is 2.54. The van der Waals surface area contributed by atoms with Crippen LogP contribution >= 0.6 is 0 Å². The molecule has 0 unspecified atom stereocenters. The van der Waals surface area contributed by atoms with Gasteiger partial charge in [-0.25, -0.2) is 0 Å². The summed E-state index contributed by atoms with van der Waals surface area (Å²) in [6.45, 7) is 4.77. The number of rotatable bonds is 4. The smallest absolute Gasteiger partial charge is 0.269 e. The number of aromatic amines is 2. The van der Waals surface area contributed by atoms with Gasteiger partial charge in [-0.2, -0.15) is 5.10 Å². The Bertz CT molecular complexity index is 771. The zero-order chi connectivity index (χ0) is 14.8. The van der Waals surface area contributed by atoms with Crippen LogP contribution < -0.4 is 5.32 Å². The Kier molecular flexibility index (Phi) is 3.48. The topological polar surface area (TPSA) is 73.6 Å². The lowest BCUT2D eigenvalue weighted by molar-refractivity contribution is 0.0946. The van der Waals surface area contributed by atoms with Gasteiger partial charge >= 0.3 is 0 Å². The zero-order valence-corrected chi connectivity index (χ0v) is 12.2. The fourth-order valence-electron chi connectivity index (χ4n) is 2.55. The largest absolute Gasteiger partial charge is 0.358 e. The Balaban J connectivity index is 1.78. The standard InChI is InChI=1S/C16H18N4O/c1-3-13-10(2)12-8-11(4-5-14(12)19-13)9-17-16(21)15-6-7-18-20-15/h4-8,19H,3,9H2,1-2H3,(H,17,21)(H,18,20). The van der Waals surface area contributed by atoms with Crippen LogP contribution in [0.1, 0.15) is 34.2 Å². The highest BCUT2D eigenvalue weighted by atomic mass is 16.1. The van der Waals surface area contributed by atoms with Gasteiger partial charge in [0.05, 0.1) is 0 Å². The van der Waals surface area contributed by atoms with Gasteiger partial charge in [0.25, 0.3) is 5.91 Å². The molecule has 2 aromatic heterocycles. The van der Waals surface area contributed by atoms with E-state index in [1.807, 2.05) is 6.07 Å². The second-order valence-corrected chi connectivity index (χ2v) is 5.12. The van der Waals surface area contributed by atoms with Crippen LogP contribution in [0.4, 0.5) is 0 Å². The Morgan fingerprint density at radius 3 is 2.90 bits per heavy atom. The quantitative estimate of drug-likeness (QED) is 0.688. The Hall–Kier alpha value is -2.56. The number of benzene rings is 1. The number of hydrogen-bond donors (Lipinski definition) is 3. The van der Waals surface area contributed by atoms with Crippen molar-refractivity contribution in [2.24, 2.45) is 0 Å². The van der Waals surface area contributed by atoms with Crippen LogP contribution in [0.2, 0.25) is 0 Å². The third-order valence-corrected chi connectivity index (χ3v) is 3.78. The normalized spacial score (nSPS) is 11.0. The number of hydrogen-bond acceptors (Lipinski definition) is 2. The van der Waals surface area contributed by atoms with Crippen molar-refractivity contribution in [1.29, 1.82) is 0 Å². The molecule has 5 heteroatoms. The summed E-state index contributed by atoms with van der Waals surface area (Å²) in [4.78, 5) is 15.3. The number of carbonyl (C=O) groups is 1. The Morgan fingerprint density at radius 1 is 1.33 bits per heavy atom. The first-order valence-corrected chi connectivity index (χ1v) is 7.06. The van der Waals surface area contributed by atoms with Gasteiger partial charge in [0.1, 0.15) is 5.69 Å². The summed E-state index contributed by atoms with van der Waals surface area (Å²) in [7, 11) is 0. The average Bonchev–Trinajstić information content (AvgIpc) is 3.13. The predicted octanol–water partition coefficient (Wildman–Crippen LogP) is 2.69. The second kappa shape index (κ2) is 5.44. The molecule has 3 rings (SSSR count). The van der Waals surface area contributed by atoms with Crippen molar-refractivity contribution in [3.63, 3.8) is 0 Å². The molecule has 0 saturated heterocycles. The highest BCUT2D eigenvalue weighted by molar-refractivity contribution is 5.92. The van der Waals surface area contributed by atoms with Crippen LogP contribution in [0, 0.1) is 6.92 Å². The van der Waals surface area contributed by atoms with Gasteiger partial charge in [-0.3, -0.25) is 9.89 Å². The van der Waals surface area contributed by atoms with E-state index >= 15 is 0 Å². The van der Waals surface area contributed by atoms with Gasteiger partial charge in [0.15, 0.2) is 0 Å². The van der Waals surface area contributed by atoms with Gasteiger partial charge in [-0.15, -0.1) is 0 Å². The Morgan fingerprint density at radius 2 is 2.19 bits per heavy atom. The summed E-state index contributed by atoms with van der Waals surface area (Å²) < 4.78 is 0. The summed E-state index contributed by atoms with van der Waals surface area (Å²) in [5.74, 6) is -0.146. The molecule has 0 aliphatic carbocycles. The van der Waals surface area contributed by atoms with E-state index in [0.717, 1.165) is 17.5 Å². The maximum absolute atomic E-state index is 11.9. The summed E-state index contributed by atoms with van der Waals surface area (Å²) in [5.41, 5.74) is 5.26. The van der Waals surface area contributed by atoms with Crippen LogP contribution in [0.25, 0.3) is 10.9 Å². The number of nitrogens with one attached hydrogen (secondary N) is 3. The van der Waals surface area contributed by atoms with Gasteiger partial charge in [0, 0.05) is 29.3 Å². The van der Waals surface area contributed by atoms with Gasteiger partial charge < -0.3 is 10.3 Å². The fraction of sp³-hybridized carbons (Fsp3) is 0.250. The first-order valence-electron chi connectivity index (χ1n) is 7.06.